The average molecular weight is 407 g/mol. The van der Waals surface area contributed by atoms with Crippen LogP contribution in [0.1, 0.15) is 50.5 Å². The number of hydrogen-bond donors (Lipinski definition) is 0. The van der Waals surface area contributed by atoms with E-state index in [9.17, 15) is 8.42 Å². The lowest BCUT2D eigenvalue weighted by Gasteiger charge is -2.14. The molecule has 0 radical (unpaired) electrons. The molecule has 3 heteroatoms. The molecule has 0 atom stereocenters. The summed E-state index contributed by atoms with van der Waals surface area (Å²) in [6, 6.07) is 20.2. The van der Waals surface area contributed by atoms with Crippen molar-refractivity contribution in [3.63, 3.8) is 0 Å². The van der Waals surface area contributed by atoms with Crippen molar-refractivity contribution in [1.29, 1.82) is 0 Å². The minimum absolute atomic E-state index is 0.335. The van der Waals surface area contributed by atoms with Crippen LogP contribution in [0.25, 0.3) is 32.3 Å². The zero-order valence-corrected chi connectivity index (χ0v) is 18.1. The molecule has 0 bridgehead atoms. The van der Waals surface area contributed by atoms with Crippen LogP contribution in [0, 0.1) is 0 Å². The SMILES string of the molecule is CS(=O)(=O)CCCCCCCCCc1ccc2ccc3cccc4ccc1c2c34. The van der Waals surface area contributed by atoms with Crippen molar-refractivity contribution >= 4 is 42.2 Å². The van der Waals surface area contributed by atoms with Gasteiger partial charge in [-0.1, -0.05) is 86.7 Å². The van der Waals surface area contributed by atoms with Crippen LogP contribution in [0.15, 0.2) is 54.6 Å². The number of benzene rings is 4. The first-order valence-corrected chi connectivity index (χ1v) is 12.9. The number of aryl methyl sites for hydroxylation is 1. The molecule has 152 valence electrons. The molecule has 0 aliphatic rings. The maximum absolute atomic E-state index is 11.1. The molecule has 0 aliphatic heterocycles. The second-order valence-corrected chi connectivity index (χ2v) is 10.7. The molecule has 2 nitrogen and oxygen atoms in total. The minimum Gasteiger partial charge on any atom is -0.229 e. The molecule has 0 saturated heterocycles. The van der Waals surface area contributed by atoms with Gasteiger partial charge in [0.15, 0.2) is 0 Å². The summed E-state index contributed by atoms with van der Waals surface area (Å²) in [6.07, 6.45) is 10.3. The van der Waals surface area contributed by atoms with E-state index < -0.39 is 9.84 Å². The maximum atomic E-state index is 11.1. The predicted octanol–water partition coefficient (Wildman–Crippen LogP) is 6.90. The Bertz CT molecular complexity index is 1190. The first-order valence-electron chi connectivity index (χ1n) is 10.9. The second kappa shape index (κ2) is 8.71. The number of hydrogen-bond acceptors (Lipinski definition) is 2. The Morgan fingerprint density at radius 3 is 1.86 bits per heavy atom. The lowest BCUT2D eigenvalue weighted by molar-refractivity contribution is 0.577. The van der Waals surface area contributed by atoms with Crippen LogP contribution in [-0.4, -0.2) is 20.4 Å². The van der Waals surface area contributed by atoms with Gasteiger partial charge in [-0.05, 0) is 57.1 Å². The molecular weight excluding hydrogens is 376 g/mol. The van der Waals surface area contributed by atoms with Gasteiger partial charge in [0.2, 0.25) is 0 Å². The molecule has 0 amide bonds. The smallest absolute Gasteiger partial charge is 0.147 e. The second-order valence-electron chi connectivity index (χ2n) is 8.44. The molecule has 0 N–H and O–H groups in total. The first-order chi connectivity index (χ1) is 14.0. The first kappa shape index (κ1) is 20.2. The van der Waals surface area contributed by atoms with E-state index >= 15 is 0 Å². The third-order valence-electron chi connectivity index (χ3n) is 6.08. The van der Waals surface area contributed by atoms with E-state index in [4.69, 9.17) is 0 Å². The fraction of sp³-hybridized carbons (Fsp3) is 0.385. The van der Waals surface area contributed by atoms with Gasteiger partial charge >= 0.3 is 0 Å². The van der Waals surface area contributed by atoms with Crippen molar-refractivity contribution in [2.75, 3.05) is 12.0 Å². The molecule has 29 heavy (non-hydrogen) atoms. The van der Waals surface area contributed by atoms with Crippen LogP contribution in [0.4, 0.5) is 0 Å². The van der Waals surface area contributed by atoms with Crippen molar-refractivity contribution < 1.29 is 8.42 Å². The van der Waals surface area contributed by atoms with Gasteiger partial charge in [-0.15, -0.1) is 0 Å². The Balaban J connectivity index is 1.34. The van der Waals surface area contributed by atoms with Crippen LogP contribution in [0.2, 0.25) is 0 Å². The van der Waals surface area contributed by atoms with Gasteiger partial charge in [-0.25, -0.2) is 8.42 Å². The summed E-state index contributed by atoms with van der Waals surface area (Å²) in [5, 5.41) is 8.22. The van der Waals surface area contributed by atoms with Crippen LogP contribution < -0.4 is 0 Å². The summed E-state index contributed by atoms with van der Waals surface area (Å²) in [4.78, 5) is 0. The van der Waals surface area contributed by atoms with E-state index in [0.29, 0.717) is 5.75 Å². The Labute approximate surface area is 174 Å². The van der Waals surface area contributed by atoms with Crippen molar-refractivity contribution in [1.82, 2.24) is 0 Å². The zero-order valence-electron chi connectivity index (χ0n) is 17.3. The quantitative estimate of drug-likeness (QED) is 0.212. The van der Waals surface area contributed by atoms with Crippen molar-refractivity contribution in [2.45, 2.75) is 51.4 Å². The Morgan fingerprint density at radius 1 is 0.621 bits per heavy atom. The summed E-state index contributed by atoms with van der Waals surface area (Å²) in [6.45, 7) is 0. The average Bonchev–Trinajstić information content (AvgIpc) is 2.70. The molecule has 0 unspecified atom stereocenters. The van der Waals surface area contributed by atoms with E-state index in [1.54, 1.807) is 0 Å². The van der Waals surface area contributed by atoms with E-state index in [1.807, 2.05) is 0 Å². The topological polar surface area (TPSA) is 34.1 Å². The van der Waals surface area contributed by atoms with E-state index in [0.717, 1.165) is 25.7 Å². The largest absolute Gasteiger partial charge is 0.229 e. The van der Waals surface area contributed by atoms with Crippen LogP contribution in [0.3, 0.4) is 0 Å². The van der Waals surface area contributed by atoms with Gasteiger partial charge in [0.25, 0.3) is 0 Å². The summed E-state index contributed by atoms with van der Waals surface area (Å²) in [7, 11) is -2.79. The van der Waals surface area contributed by atoms with Gasteiger partial charge in [0, 0.05) is 12.0 Å². The predicted molar refractivity (Wildman–Crippen MR) is 126 cm³/mol. The Hall–Kier alpha value is -2.13. The van der Waals surface area contributed by atoms with Gasteiger partial charge in [0.05, 0.1) is 0 Å². The summed E-state index contributed by atoms with van der Waals surface area (Å²) in [5.41, 5.74) is 1.46. The fourth-order valence-electron chi connectivity index (χ4n) is 4.58. The Kier molecular flexibility index (Phi) is 6.05. The third-order valence-corrected chi connectivity index (χ3v) is 7.11. The lowest BCUT2D eigenvalue weighted by atomic mass is 9.90. The van der Waals surface area contributed by atoms with Crippen molar-refractivity contribution in [3.05, 3.63) is 60.2 Å². The summed E-state index contributed by atoms with van der Waals surface area (Å²) >= 11 is 0. The number of rotatable bonds is 10. The van der Waals surface area contributed by atoms with Gasteiger partial charge in [-0.2, -0.15) is 0 Å². The fourth-order valence-corrected chi connectivity index (χ4v) is 5.31. The van der Waals surface area contributed by atoms with Crippen molar-refractivity contribution in [2.24, 2.45) is 0 Å². The summed E-state index contributed by atoms with van der Waals surface area (Å²) in [5.74, 6) is 0.335. The van der Waals surface area contributed by atoms with Gasteiger partial charge in [0.1, 0.15) is 9.84 Å². The van der Waals surface area contributed by atoms with E-state index in [-0.39, 0.29) is 0 Å². The highest BCUT2D eigenvalue weighted by atomic mass is 32.2. The molecule has 4 aromatic rings. The van der Waals surface area contributed by atoms with Crippen LogP contribution >= 0.6 is 0 Å². The molecular formula is C26H30O2S. The minimum atomic E-state index is -2.79. The third kappa shape index (κ3) is 4.72. The summed E-state index contributed by atoms with van der Waals surface area (Å²) < 4.78 is 22.3. The van der Waals surface area contributed by atoms with Crippen molar-refractivity contribution in [3.8, 4) is 0 Å². The maximum Gasteiger partial charge on any atom is 0.147 e. The molecule has 4 aromatic carbocycles. The monoisotopic (exact) mass is 406 g/mol. The molecule has 0 fully saturated rings. The molecule has 0 spiro atoms. The van der Waals surface area contributed by atoms with Gasteiger partial charge in [-0.3, -0.25) is 0 Å². The molecule has 4 rings (SSSR count). The highest BCUT2D eigenvalue weighted by Crippen LogP contribution is 2.36. The standard InChI is InChI=1S/C26H30O2S/c1-29(27,28)19-8-6-4-2-3-5-7-10-20-13-14-23-16-15-21-11-9-12-22-17-18-24(20)26(23)25(21)22/h9,11-18H,2-8,10,19H2,1H3. The highest BCUT2D eigenvalue weighted by Gasteiger charge is 2.10. The highest BCUT2D eigenvalue weighted by molar-refractivity contribution is 7.90. The van der Waals surface area contributed by atoms with E-state index in [2.05, 4.69) is 54.6 Å². The van der Waals surface area contributed by atoms with E-state index in [1.165, 1.54) is 69.8 Å². The molecule has 0 aromatic heterocycles. The van der Waals surface area contributed by atoms with Gasteiger partial charge < -0.3 is 0 Å². The molecule has 0 aliphatic carbocycles. The molecule has 0 saturated carbocycles. The lowest BCUT2D eigenvalue weighted by Crippen LogP contribution is -2.02. The number of unbranched alkanes of at least 4 members (excludes halogenated alkanes) is 6. The Morgan fingerprint density at radius 2 is 1.17 bits per heavy atom. The normalized spacial score (nSPS) is 12.4. The number of sulfone groups is 1. The van der Waals surface area contributed by atoms with Crippen LogP contribution in [-0.2, 0) is 16.3 Å². The molecule has 0 heterocycles. The van der Waals surface area contributed by atoms with Crippen LogP contribution in [0.5, 0.6) is 0 Å². The zero-order chi connectivity index (χ0) is 20.3.